The number of hydrogen-bond donors (Lipinski definition) is 0. The maximum atomic E-state index is 13.3. The quantitative estimate of drug-likeness (QED) is 0.528. The molecule has 30 heavy (non-hydrogen) atoms. The van der Waals surface area contributed by atoms with E-state index >= 15 is 0 Å². The third-order valence-corrected chi connectivity index (χ3v) is 6.56. The summed E-state index contributed by atoms with van der Waals surface area (Å²) >= 11 is 0. The Morgan fingerprint density at radius 2 is 1.40 bits per heavy atom. The molecule has 152 valence electrons. The van der Waals surface area contributed by atoms with E-state index in [9.17, 15) is 4.79 Å². The summed E-state index contributed by atoms with van der Waals surface area (Å²) in [6.45, 7) is 10.2. The number of benzene rings is 3. The molecule has 4 heteroatoms. The van der Waals surface area contributed by atoms with Crippen LogP contribution in [-0.2, 0) is 10.3 Å². The number of nitrogens with zero attached hydrogens (tertiary/aromatic N) is 1. The fraction of sp³-hybridized carbons (Fsp3) is 0.269. The molecule has 0 unspecified atom stereocenters. The predicted octanol–water partition coefficient (Wildman–Crippen LogP) is 5.72. The number of anilines is 1. The normalized spacial score (nSPS) is 15.1. The van der Waals surface area contributed by atoms with Crippen LogP contribution in [0.3, 0.4) is 0 Å². The lowest BCUT2D eigenvalue weighted by molar-refractivity contribution is 0.0224. The highest BCUT2D eigenvalue weighted by Gasteiger charge is 2.54. The van der Waals surface area contributed by atoms with Crippen LogP contribution in [0, 0.1) is 13.8 Å². The molecule has 0 saturated heterocycles. The van der Waals surface area contributed by atoms with Gasteiger partial charge in [-0.3, -0.25) is 0 Å². The molecule has 4 nitrogen and oxygen atoms in total. The van der Waals surface area contributed by atoms with Crippen molar-refractivity contribution in [3.8, 4) is 11.5 Å². The number of hydrogen-bond acceptors (Lipinski definition) is 4. The van der Waals surface area contributed by atoms with Crippen molar-refractivity contribution in [3.05, 3.63) is 88.0 Å². The molecule has 2 aliphatic rings. The van der Waals surface area contributed by atoms with E-state index in [2.05, 4.69) is 31.7 Å². The largest absolute Gasteiger partial charge is 0.456 e. The topological polar surface area (TPSA) is 38.8 Å². The number of fused-ring (bicyclic) bond motifs is 6. The molecule has 2 heterocycles. The molecular weight excluding hydrogens is 374 g/mol. The number of ether oxygens (including phenoxy) is 2. The number of esters is 1. The zero-order valence-corrected chi connectivity index (χ0v) is 17.8. The summed E-state index contributed by atoms with van der Waals surface area (Å²) < 4.78 is 12.5. The molecule has 0 radical (unpaired) electrons. The minimum atomic E-state index is -1.00. The number of para-hydroxylation sites is 2. The van der Waals surface area contributed by atoms with Gasteiger partial charge >= 0.3 is 5.97 Å². The lowest BCUT2D eigenvalue weighted by Crippen LogP contribution is -2.33. The summed E-state index contributed by atoms with van der Waals surface area (Å²) in [5.41, 5.74) is 5.57. The molecule has 3 aromatic rings. The summed E-state index contributed by atoms with van der Waals surface area (Å²) in [6, 6.07) is 17.9. The Morgan fingerprint density at radius 3 is 1.97 bits per heavy atom. The second-order valence-corrected chi connectivity index (χ2v) is 7.91. The number of carbonyl (C=O) groups excluding carboxylic acids is 1. The number of carbonyl (C=O) groups is 1. The van der Waals surface area contributed by atoms with Gasteiger partial charge in [0.1, 0.15) is 11.5 Å². The third-order valence-electron chi connectivity index (χ3n) is 6.56. The molecule has 2 aliphatic heterocycles. The molecule has 0 aliphatic carbocycles. The summed E-state index contributed by atoms with van der Waals surface area (Å²) in [5, 5.41) is 0. The van der Waals surface area contributed by atoms with E-state index in [0.717, 1.165) is 58.1 Å². The lowest BCUT2D eigenvalue weighted by Gasteiger charge is -2.37. The smallest absolute Gasteiger partial charge is 0.340 e. The SMILES string of the molecule is CCN(CC)c1cc2c(c(C)c1C)C(=O)OC21c2ccccc2Oc2ccccc21. The summed E-state index contributed by atoms with van der Waals surface area (Å²) in [4.78, 5) is 15.6. The van der Waals surface area contributed by atoms with Gasteiger partial charge in [-0.25, -0.2) is 4.79 Å². The van der Waals surface area contributed by atoms with Gasteiger partial charge in [0.25, 0.3) is 0 Å². The van der Waals surface area contributed by atoms with Gasteiger partial charge in [-0.15, -0.1) is 0 Å². The minimum absolute atomic E-state index is 0.275. The van der Waals surface area contributed by atoms with E-state index in [1.54, 1.807) is 0 Å². The van der Waals surface area contributed by atoms with Crippen LogP contribution in [0.1, 0.15) is 52.0 Å². The van der Waals surface area contributed by atoms with Crippen molar-refractivity contribution in [3.63, 3.8) is 0 Å². The first-order chi connectivity index (χ1) is 14.5. The highest BCUT2D eigenvalue weighted by atomic mass is 16.6. The molecule has 0 atom stereocenters. The second-order valence-electron chi connectivity index (χ2n) is 7.91. The molecule has 0 amide bonds. The first kappa shape index (κ1) is 18.7. The van der Waals surface area contributed by atoms with E-state index in [1.807, 2.05) is 55.5 Å². The molecule has 0 fully saturated rings. The lowest BCUT2D eigenvalue weighted by atomic mass is 9.76. The van der Waals surface area contributed by atoms with Crippen molar-refractivity contribution in [2.24, 2.45) is 0 Å². The van der Waals surface area contributed by atoms with Crippen LogP contribution in [0.15, 0.2) is 54.6 Å². The Bertz CT molecular complexity index is 1130. The third kappa shape index (κ3) is 2.30. The molecule has 3 aromatic carbocycles. The molecule has 5 rings (SSSR count). The molecule has 0 N–H and O–H groups in total. The van der Waals surface area contributed by atoms with Gasteiger partial charge in [-0.05, 0) is 57.0 Å². The monoisotopic (exact) mass is 399 g/mol. The van der Waals surface area contributed by atoms with Gasteiger partial charge < -0.3 is 14.4 Å². The van der Waals surface area contributed by atoms with Crippen LogP contribution >= 0.6 is 0 Å². The highest BCUT2D eigenvalue weighted by Crippen LogP contribution is 2.57. The van der Waals surface area contributed by atoms with Gasteiger partial charge in [0.05, 0.1) is 5.56 Å². The van der Waals surface area contributed by atoms with Crippen LogP contribution in [0.25, 0.3) is 0 Å². The molecule has 1 spiro atoms. The fourth-order valence-corrected chi connectivity index (χ4v) is 4.93. The standard InChI is InChI=1S/C26H25NO3/c1-5-27(6-2)21-15-20-24(17(4)16(21)3)25(28)30-26(20)18-11-7-9-13-22(18)29-23-14-10-8-12-19(23)26/h7-15H,5-6H2,1-4H3. The van der Waals surface area contributed by atoms with Crippen molar-refractivity contribution in [1.29, 1.82) is 0 Å². The molecule has 0 saturated carbocycles. The van der Waals surface area contributed by atoms with Crippen molar-refractivity contribution in [1.82, 2.24) is 0 Å². The Balaban J connectivity index is 1.90. The Kier molecular flexibility index (Phi) is 4.14. The van der Waals surface area contributed by atoms with Crippen LogP contribution in [-0.4, -0.2) is 19.1 Å². The summed E-state index contributed by atoms with van der Waals surface area (Å²) in [6.07, 6.45) is 0. The van der Waals surface area contributed by atoms with E-state index in [1.165, 1.54) is 0 Å². The van der Waals surface area contributed by atoms with Gasteiger partial charge in [-0.1, -0.05) is 36.4 Å². The van der Waals surface area contributed by atoms with Crippen molar-refractivity contribution >= 4 is 11.7 Å². The van der Waals surface area contributed by atoms with E-state index in [-0.39, 0.29) is 5.97 Å². The van der Waals surface area contributed by atoms with Gasteiger partial charge in [0.2, 0.25) is 0 Å². The maximum absolute atomic E-state index is 13.3. The molecule has 0 aromatic heterocycles. The summed E-state index contributed by atoms with van der Waals surface area (Å²) in [5.74, 6) is 1.17. The Labute approximate surface area is 177 Å². The average molecular weight is 399 g/mol. The van der Waals surface area contributed by atoms with Crippen molar-refractivity contribution < 1.29 is 14.3 Å². The van der Waals surface area contributed by atoms with Crippen LogP contribution in [0.4, 0.5) is 5.69 Å². The molecular formula is C26H25NO3. The van der Waals surface area contributed by atoms with E-state index in [4.69, 9.17) is 9.47 Å². The minimum Gasteiger partial charge on any atom is -0.456 e. The number of rotatable bonds is 3. The van der Waals surface area contributed by atoms with Gasteiger partial charge in [0, 0.05) is 35.5 Å². The first-order valence-corrected chi connectivity index (χ1v) is 10.5. The van der Waals surface area contributed by atoms with Gasteiger partial charge in [-0.2, -0.15) is 0 Å². The van der Waals surface area contributed by atoms with E-state index < -0.39 is 5.60 Å². The maximum Gasteiger partial charge on any atom is 0.340 e. The zero-order valence-electron chi connectivity index (χ0n) is 17.8. The fourth-order valence-electron chi connectivity index (χ4n) is 4.93. The average Bonchev–Trinajstić information content (AvgIpc) is 3.05. The van der Waals surface area contributed by atoms with Crippen LogP contribution in [0.5, 0.6) is 11.5 Å². The zero-order chi connectivity index (χ0) is 21.0. The van der Waals surface area contributed by atoms with Crippen molar-refractivity contribution in [2.45, 2.75) is 33.3 Å². The summed E-state index contributed by atoms with van der Waals surface area (Å²) in [7, 11) is 0. The van der Waals surface area contributed by atoms with Crippen LogP contribution in [0.2, 0.25) is 0 Å². The molecule has 0 bridgehead atoms. The first-order valence-electron chi connectivity index (χ1n) is 10.5. The highest BCUT2D eigenvalue weighted by molar-refractivity contribution is 5.99. The van der Waals surface area contributed by atoms with Crippen molar-refractivity contribution in [2.75, 3.05) is 18.0 Å². The van der Waals surface area contributed by atoms with Crippen LogP contribution < -0.4 is 9.64 Å². The van der Waals surface area contributed by atoms with Gasteiger partial charge in [0.15, 0.2) is 5.60 Å². The second kappa shape index (κ2) is 6.63. The van der Waals surface area contributed by atoms with E-state index in [0.29, 0.717) is 5.56 Å². The predicted molar refractivity (Wildman–Crippen MR) is 118 cm³/mol. The Hall–Kier alpha value is -3.27. The Morgan fingerprint density at radius 1 is 0.833 bits per heavy atom.